The minimum Gasteiger partial charge on any atom is -0.442 e. The van der Waals surface area contributed by atoms with E-state index < -0.39 is 44.5 Å². The summed E-state index contributed by atoms with van der Waals surface area (Å²) in [4.78, 5) is 16.0. The number of alkyl halides is 1. The van der Waals surface area contributed by atoms with Crippen LogP contribution in [0.3, 0.4) is 0 Å². The molecule has 1 amide bonds. The van der Waals surface area contributed by atoms with E-state index in [0.29, 0.717) is 0 Å². The molecule has 1 saturated carbocycles. The van der Waals surface area contributed by atoms with Crippen LogP contribution in [0.1, 0.15) is 45.6 Å². The summed E-state index contributed by atoms with van der Waals surface area (Å²) >= 11 is 0. The van der Waals surface area contributed by atoms with Crippen LogP contribution in [0.2, 0.25) is 0 Å². The molecule has 1 aromatic carbocycles. The Morgan fingerprint density at radius 1 is 1.40 bits per heavy atom. The van der Waals surface area contributed by atoms with Crippen molar-refractivity contribution in [1.82, 2.24) is 9.62 Å². The molecule has 0 bridgehead atoms. The SMILES string of the molecule is CN1/C(=N\C(=O)OC(C)(C)C)NC2(c3cc(N)ccc3F)CCC(F)CC2S1(=O)=O. The number of hydrogen-bond acceptors (Lipinski definition) is 5. The maximum atomic E-state index is 14.8. The van der Waals surface area contributed by atoms with Gasteiger partial charge in [0.05, 0.1) is 5.54 Å². The lowest BCUT2D eigenvalue weighted by molar-refractivity contribution is 0.0600. The topological polar surface area (TPSA) is 114 Å². The van der Waals surface area contributed by atoms with Gasteiger partial charge < -0.3 is 15.8 Å². The quantitative estimate of drug-likeness (QED) is 0.644. The van der Waals surface area contributed by atoms with Crippen LogP contribution in [-0.4, -0.2) is 48.8 Å². The number of nitrogens with two attached hydrogens (primary N) is 1. The Balaban J connectivity index is 2.17. The number of ether oxygens (including phenoxy) is 1. The first-order valence-electron chi connectivity index (χ1n) is 9.53. The molecule has 11 heteroatoms. The molecule has 0 spiro atoms. The number of nitrogens with one attached hydrogen (secondary N) is 1. The maximum absolute atomic E-state index is 14.8. The third kappa shape index (κ3) is 3.94. The second-order valence-electron chi connectivity index (χ2n) is 8.62. The van der Waals surface area contributed by atoms with Gasteiger partial charge in [-0.2, -0.15) is 0 Å². The van der Waals surface area contributed by atoms with Gasteiger partial charge in [0, 0.05) is 18.3 Å². The standard InChI is InChI=1S/C19H26F2N4O4S/c1-18(2,3)29-17(26)23-16-24-19(13-10-12(22)5-6-14(13)21)8-7-11(20)9-15(19)30(27,28)25(16)4/h5-6,10-11,15H,7-9,22H2,1-4H3,(H,23,24,26). The number of fused-ring (bicyclic) bond motifs is 1. The van der Waals surface area contributed by atoms with Crippen LogP contribution in [-0.2, 0) is 20.3 Å². The van der Waals surface area contributed by atoms with Crippen molar-refractivity contribution >= 4 is 27.8 Å². The van der Waals surface area contributed by atoms with Gasteiger partial charge in [-0.3, -0.25) is 0 Å². The third-order valence-electron chi connectivity index (χ3n) is 5.31. The highest BCUT2D eigenvalue weighted by molar-refractivity contribution is 7.90. The molecule has 0 radical (unpaired) electrons. The second-order valence-corrected chi connectivity index (χ2v) is 10.8. The fraction of sp³-hybridized carbons (Fsp3) is 0.579. The van der Waals surface area contributed by atoms with E-state index in [2.05, 4.69) is 10.3 Å². The number of sulfonamides is 1. The summed E-state index contributed by atoms with van der Waals surface area (Å²) in [6.07, 6.45) is -2.71. The molecular formula is C19H26F2N4O4S. The van der Waals surface area contributed by atoms with Gasteiger partial charge in [-0.25, -0.2) is 26.3 Å². The van der Waals surface area contributed by atoms with Gasteiger partial charge in [0.1, 0.15) is 22.8 Å². The predicted octanol–water partition coefficient (Wildman–Crippen LogP) is 2.65. The molecule has 2 fully saturated rings. The van der Waals surface area contributed by atoms with Crippen molar-refractivity contribution < 1.29 is 26.7 Å². The third-order valence-corrected chi connectivity index (χ3v) is 7.56. The van der Waals surface area contributed by atoms with Crippen molar-refractivity contribution in [3.8, 4) is 0 Å². The first kappa shape index (κ1) is 22.3. The van der Waals surface area contributed by atoms with Gasteiger partial charge in [-0.15, -0.1) is 4.99 Å². The van der Waals surface area contributed by atoms with Crippen LogP contribution >= 0.6 is 0 Å². The fourth-order valence-electron chi connectivity index (χ4n) is 3.93. The molecule has 1 saturated heterocycles. The average Bonchev–Trinajstić information content (AvgIpc) is 2.61. The van der Waals surface area contributed by atoms with E-state index in [1.807, 2.05) is 0 Å². The molecule has 2 aliphatic rings. The van der Waals surface area contributed by atoms with E-state index in [4.69, 9.17) is 10.5 Å². The Labute approximate surface area is 174 Å². The van der Waals surface area contributed by atoms with Gasteiger partial charge in [0.2, 0.25) is 16.0 Å². The maximum Gasteiger partial charge on any atom is 0.437 e. The van der Waals surface area contributed by atoms with Crippen LogP contribution in [0.4, 0.5) is 19.3 Å². The Bertz CT molecular complexity index is 993. The van der Waals surface area contributed by atoms with E-state index in [9.17, 15) is 22.0 Å². The van der Waals surface area contributed by atoms with Gasteiger partial charge >= 0.3 is 6.09 Å². The Morgan fingerprint density at radius 3 is 2.70 bits per heavy atom. The van der Waals surface area contributed by atoms with E-state index >= 15 is 0 Å². The van der Waals surface area contributed by atoms with E-state index in [1.54, 1.807) is 20.8 Å². The summed E-state index contributed by atoms with van der Waals surface area (Å²) in [5.74, 6) is -1.00. The van der Waals surface area contributed by atoms with Crippen LogP contribution in [0, 0.1) is 5.82 Å². The Morgan fingerprint density at radius 2 is 2.07 bits per heavy atom. The zero-order chi connectivity index (χ0) is 22.5. The molecule has 3 atom stereocenters. The smallest absolute Gasteiger partial charge is 0.437 e. The number of aliphatic imine (C=N–C) groups is 1. The van der Waals surface area contributed by atoms with Crippen LogP contribution in [0.5, 0.6) is 0 Å². The lowest BCUT2D eigenvalue weighted by Gasteiger charge is -2.51. The number of nitrogen functional groups attached to an aromatic ring is 1. The van der Waals surface area contributed by atoms with Crippen molar-refractivity contribution in [2.45, 2.75) is 62.6 Å². The minimum atomic E-state index is -4.19. The van der Waals surface area contributed by atoms with E-state index in [-0.39, 0.29) is 36.5 Å². The van der Waals surface area contributed by atoms with E-state index in [0.717, 1.165) is 10.4 Å². The molecule has 3 unspecified atom stereocenters. The molecule has 1 heterocycles. The number of anilines is 1. The Hall–Kier alpha value is -2.43. The van der Waals surface area contributed by atoms with Gasteiger partial charge in [0.25, 0.3) is 0 Å². The molecule has 1 aromatic rings. The molecule has 1 aliphatic heterocycles. The van der Waals surface area contributed by atoms with Crippen molar-refractivity contribution in [2.24, 2.45) is 4.99 Å². The highest BCUT2D eigenvalue weighted by atomic mass is 32.2. The molecule has 3 rings (SSSR count). The number of carbonyl (C=O) groups is 1. The number of halogens is 2. The van der Waals surface area contributed by atoms with Gasteiger partial charge in [-0.1, -0.05) is 0 Å². The molecule has 30 heavy (non-hydrogen) atoms. The first-order valence-corrected chi connectivity index (χ1v) is 11.0. The van der Waals surface area contributed by atoms with Crippen molar-refractivity contribution in [2.75, 3.05) is 12.8 Å². The van der Waals surface area contributed by atoms with Crippen molar-refractivity contribution in [1.29, 1.82) is 0 Å². The Kier molecular flexibility index (Phi) is 5.46. The number of rotatable bonds is 1. The summed E-state index contributed by atoms with van der Waals surface area (Å²) in [5.41, 5.74) is 3.67. The molecular weight excluding hydrogens is 418 g/mol. The van der Waals surface area contributed by atoms with Crippen LogP contribution < -0.4 is 11.1 Å². The van der Waals surface area contributed by atoms with Gasteiger partial charge in [-0.05, 0) is 58.2 Å². The van der Waals surface area contributed by atoms with Gasteiger partial charge in [0.15, 0.2) is 0 Å². The fourth-order valence-corrected chi connectivity index (χ4v) is 5.91. The molecule has 1 aliphatic carbocycles. The predicted molar refractivity (Wildman–Crippen MR) is 109 cm³/mol. The normalized spacial score (nSPS) is 29.8. The van der Waals surface area contributed by atoms with Crippen LogP contribution in [0.25, 0.3) is 0 Å². The highest BCUT2D eigenvalue weighted by Crippen LogP contribution is 2.46. The number of hydrogen-bond donors (Lipinski definition) is 2. The first-order chi connectivity index (χ1) is 13.8. The lowest BCUT2D eigenvalue weighted by Crippen LogP contribution is -2.69. The summed E-state index contributed by atoms with van der Waals surface area (Å²) in [6.45, 7) is 4.92. The number of carbonyl (C=O) groups excluding carboxylic acids is 1. The summed E-state index contributed by atoms with van der Waals surface area (Å²) in [6, 6.07) is 3.82. The number of guanidine groups is 1. The number of nitrogens with zero attached hydrogens (tertiary/aromatic N) is 2. The monoisotopic (exact) mass is 444 g/mol. The highest BCUT2D eigenvalue weighted by Gasteiger charge is 2.58. The van der Waals surface area contributed by atoms with E-state index in [1.165, 1.54) is 19.2 Å². The molecule has 166 valence electrons. The number of amides is 1. The minimum absolute atomic E-state index is 0.00652. The zero-order valence-electron chi connectivity index (χ0n) is 17.3. The zero-order valence-corrected chi connectivity index (χ0v) is 18.1. The molecule has 8 nitrogen and oxygen atoms in total. The summed E-state index contributed by atoms with van der Waals surface area (Å²) < 4.78 is 61.6. The largest absolute Gasteiger partial charge is 0.442 e. The average molecular weight is 445 g/mol. The lowest BCUT2D eigenvalue weighted by atomic mass is 9.75. The number of benzene rings is 1. The summed E-state index contributed by atoms with van der Waals surface area (Å²) in [5, 5.41) is 1.62. The van der Waals surface area contributed by atoms with Crippen molar-refractivity contribution in [3.63, 3.8) is 0 Å². The van der Waals surface area contributed by atoms with Crippen molar-refractivity contribution in [3.05, 3.63) is 29.6 Å². The van der Waals surface area contributed by atoms with Crippen LogP contribution in [0.15, 0.2) is 23.2 Å². The summed E-state index contributed by atoms with van der Waals surface area (Å²) in [7, 11) is -2.98. The second kappa shape index (κ2) is 7.36. The molecule has 3 N–H and O–H groups in total. The molecule has 0 aromatic heterocycles.